The topological polar surface area (TPSA) is 76.1 Å². The summed E-state index contributed by atoms with van der Waals surface area (Å²) in [6.45, 7) is 2.78. The number of hydrogen-bond donors (Lipinski definition) is 1. The molecule has 0 bridgehead atoms. The molecule has 2 aromatic rings. The van der Waals surface area contributed by atoms with Gasteiger partial charge in [0.25, 0.3) is 5.91 Å². The fourth-order valence-corrected chi connectivity index (χ4v) is 3.90. The molecule has 0 radical (unpaired) electrons. The third-order valence-corrected chi connectivity index (χ3v) is 5.45. The van der Waals surface area contributed by atoms with Crippen LogP contribution in [0, 0.1) is 0 Å². The minimum absolute atomic E-state index is 0.242. The minimum Gasteiger partial charge on any atom is -0.382 e. The number of pyridine rings is 1. The third-order valence-electron chi connectivity index (χ3n) is 4.17. The zero-order valence-electron chi connectivity index (χ0n) is 13.9. The molecular weight excluding hydrogens is 376 g/mol. The molecule has 26 heavy (non-hydrogen) atoms. The lowest BCUT2D eigenvalue weighted by atomic mass is 10.1. The average Bonchev–Trinajstić information content (AvgIpc) is 3.32. The summed E-state index contributed by atoms with van der Waals surface area (Å²) in [6.07, 6.45) is 1.47. The second kappa shape index (κ2) is 7.61. The van der Waals surface area contributed by atoms with E-state index < -0.39 is 6.10 Å². The van der Waals surface area contributed by atoms with Gasteiger partial charge in [-0.2, -0.15) is 0 Å². The molecule has 7 nitrogen and oxygen atoms in total. The third kappa shape index (κ3) is 3.67. The molecule has 1 saturated heterocycles. The van der Waals surface area contributed by atoms with Crippen molar-refractivity contribution in [1.29, 1.82) is 0 Å². The van der Waals surface area contributed by atoms with Crippen molar-refractivity contribution in [2.45, 2.75) is 12.5 Å². The Morgan fingerprint density at radius 1 is 1.31 bits per heavy atom. The molecule has 0 spiro atoms. The molecular formula is C17H17ClN4O3S. The molecule has 0 aromatic carbocycles. The quantitative estimate of drug-likeness (QED) is 0.865. The maximum absolute atomic E-state index is 12.6. The largest absolute Gasteiger partial charge is 0.382 e. The van der Waals surface area contributed by atoms with Gasteiger partial charge in [0, 0.05) is 25.7 Å². The van der Waals surface area contributed by atoms with E-state index >= 15 is 0 Å². The lowest BCUT2D eigenvalue weighted by molar-refractivity contribution is -0.125. The Labute approximate surface area is 159 Å². The van der Waals surface area contributed by atoms with Gasteiger partial charge in [0.1, 0.15) is 5.71 Å². The smallest absolute Gasteiger partial charge is 0.268 e. The van der Waals surface area contributed by atoms with Crippen molar-refractivity contribution in [2.75, 3.05) is 36.5 Å². The van der Waals surface area contributed by atoms with Crippen LogP contribution in [0.3, 0.4) is 0 Å². The first-order chi connectivity index (χ1) is 12.7. The molecule has 2 aliphatic heterocycles. The first-order valence-corrected chi connectivity index (χ1v) is 9.47. The van der Waals surface area contributed by atoms with Gasteiger partial charge in [-0.3, -0.25) is 4.79 Å². The molecule has 136 valence electrons. The standard InChI is InChI=1S/C17H17ClN4O3S/c18-15-4-3-14(26-15)12-10-13(25-21-12)17(23)20-11-2-1-5-19-16(11)22-6-8-24-9-7-22/h1-5,13H,6-10H2,(H,20,23). The first-order valence-electron chi connectivity index (χ1n) is 8.27. The fourth-order valence-electron chi connectivity index (χ4n) is 2.87. The van der Waals surface area contributed by atoms with Crippen LogP contribution in [-0.4, -0.2) is 49.0 Å². The number of thiophene rings is 1. The first kappa shape index (κ1) is 17.3. The Kier molecular flexibility index (Phi) is 5.05. The maximum atomic E-state index is 12.6. The number of hydrogen-bond acceptors (Lipinski definition) is 7. The molecule has 1 N–H and O–H groups in total. The van der Waals surface area contributed by atoms with E-state index in [-0.39, 0.29) is 5.91 Å². The van der Waals surface area contributed by atoms with Gasteiger partial charge in [0.05, 0.1) is 28.1 Å². The molecule has 9 heteroatoms. The second-order valence-electron chi connectivity index (χ2n) is 5.90. The van der Waals surface area contributed by atoms with Crippen LogP contribution in [0.25, 0.3) is 0 Å². The summed E-state index contributed by atoms with van der Waals surface area (Å²) in [6, 6.07) is 7.32. The second-order valence-corrected chi connectivity index (χ2v) is 7.62. The number of nitrogens with one attached hydrogen (secondary N) is 1. The lowest BCUT2D eigenvalue weighted by Gasteiger charge is -2.29. The molecule has 4 heterocycles. The number of carbonyl (C=O) groups excluding carboxylic acids is 1. The van der Waals surface area contributed by atoms with Crippen molar-refractivity contribution in [2.24, 2.45) is 5.16 Å². The highest BCUT2D eigenvalue weighted by atomic mass is 35.5. The molecule has 1 amide bonds. The van der Waals surface area contributed by atoms with Crippen molar-refractivity contribution >= 4 is 46.1 Å². The van der Waals surface area contributed by atoms with Crippen LogP contribution in [0.15, 0.2) is 35.6 Å². The van der Waals surface area contributed by atoms with E-state index in [2.05, 4.69) is 20.4 Å². The summed E-state index contributed by atoms with van der Waals surface area (Å²) >= 11 is 7.38. The van der Waals surface area contributed by atoms with E-state index in [0.717, 1.165) is 29.5 Å². The van der Waals surface area contributed by atoms with Crippen LogP contribution in [0.5, 0.6) is 0 Å². The van der Waals surface area contributed by atoms with Gasteiger partial charge >= 0.3 is 0 Å². The summed E-state index contributed by atoms with van der Waals surface area (Å²) < 4.78 is 6.06. The lowest BCUT2D eigenvalue weighted by Crippen LogP contribution is -2.37. The summed E-state index contributed by atoms with van der Waals surface area (Å²) in [4.78, 5) is 25.4. The van der Waals surface area contributed by atoms with E-state index in [1.165, 1.54) is 11.3 Å². The molecule has 4 rings (SSSR count). The Bertz CT molecular complexity index is 835. The number of amides is 1. The number of morpholine rings is 1. The molecule has 1 unspecified atom stereocenters. The van der Waals surface area contributed by atoms with Gasteiger partial charge in [-0.1, -0.05) is 16.8 Å². The highest BCUT2D eigenvalue weighted by Gasteiger charge is 2.30. The molecule has 1 atom stereocenters. The van der Waals surface area contributed by atoms with Crippen LogP contribution in [0.4, 0.5) is 11.5 Å². The normalized spacial score (nSPS) is 19.8. The Hall–Kier alpha value is -2.16. The van der Waals surface area contributed by atoms with Crippen molar-refractivity contribution in [3.05, 3.63) is 39.7 Å². The zero-order chi connectivity index (χ0) is 17.9. The van der Waals surface area contributed by atoms with Crippen molar-refractivity contribution < 1.29 is 14.4 Å². The monoisotopic (exact) mass is 392 g/mol. The van der Waals surface area contributed by atoms with Gasteiger partial charge in [-0.25, -0.2) is 4.98 Å². The number of rotatable bonds is 4. The van der Waals surface area contributed by atoms with E-state index in [4.69, 9.17) is 21.2 Å². The SMILES string of the molecule is O=C(Nc1cccnc1N1CCOCC1)C1CC(c2ccc(Cl)s2)=NO1. The van der Waals surface area contributed by atoms with Gasteiger partial charge in [0.15, 0.2) is 5.82 Å². The number of aromatic nitrogens is 1. The average molecular weight is 393 g/mol. The van der Waals surface area contributed by atoms with Crippen molar-refractivity contribution in [3.8, 4) is 0 Å². The fraction of sp³-hybridized carbons (Fsp3) is 0.353. The summed E-state index contributed by atoms with van der Waals surface area (Å²) in [5.41, 5.74) is 1.40. The maximum Gasteiger partial charge on any atom is 0.268 e. The van der Waals surface area contributed by atoms with Crippen LogP contribution in [0.2, 0.25) is 4.34 Å². The molecule has 2 aromatic heterocycles. The highest BCUT2D eigenvalue weighted by molar-refractivity contribution is 7.18. The van der Waals surface area contributed by atoms with Gasteiger partial charge in [0.2, 0.25) is 6.10 Å². The van der Waals surface area contributed by atoms with Gasteiger partial charge in [-0.05, 0) is 24.3 Å². The Morgan fingerprint density at radius 2 is 2.15 bits per heavy atom. The molecule has 0 saturated carbocycles. The Morgan fingerprint density at radius 3 is 2.92 bits per heavy atom. The van der Waals surface area contributed by atoms with Crippen molar-refractivity contribution in [1.82, 2.24) is 4.98 Å². The van der Waals surface area contributed by atoms with Crippen LogP contribution in [0.1, 0.15) is 11.3 Å². The van der Waals surface area contributed by atoms with E-state index in [1.807, 2.05) is 18.2 Å². The number of ether oxygens (including phenoxy) is 1. The van der Waals surface area contributed by atoms with Crippen LogP contribution in [-0.2, 0) is 14.4 Å². The number of carbonyl (C=O) groups is 1. The van der Waals surface area contributed by atoms with E-state index in [1.54, 1.807) is 12.3 Å². The summed E-state index contributed by atoms with van der Waals surface area (Å²) in [7, 11) is 0. The van der Waals surface area contributed by atoms with Gasteiger partial charge in [-0.15, -0.1) is 11.3 Å². The minimum atomic E-state index is -0.663. The molecule has 0 aliphatic carbocycles. The van der Waals surface area contributed by atoms with Crippen LogP contribution < -0.4 is 10.2 Å². The Balaban J connectivity index is 1.43. The number of nitrogens with zero attached hydrogens (tertiary/aromatic N) is 3. The predicted molar refractivity (Wildman–Crippen MR) is 101 cm³/mol. The highest BCUT2D eigenvalue weighted by Crippen LogP contribution is 2.28. The van der Waals surface area contributed by atoms with E-state index in [0.29, 0.717) is 29.7 Å². The summed E-state index contributed by atoms with van der Waals surface area (Å²) in [5, 5.41) is 6.96. The number of halogens is 1. The summed E-state index contributed by atoms with van der Waals surface area (Å²) in [5.74, 6) is 0.502. The van der Waals surface area contributed by atoms with Gasteiger partial charge < -0.3 is 19.8 Å². The molecule has 2 aliphatic rings. The predicted octanol–water partition coefficient (Wildman–Crippen LogP) is 2.76. The number of anilines is 2. The van der Waals surface area contributed by atoms with Crippen molar-refractivity contribution in [3.63, 3.8) is 0 Å². The van der Waals surface area contributed by atoms with Crippen LogP contribution >= 0.6 is 22.9 Å². The number of oxime groups is 1. The van der Waals surface area contributed by atoms with E-state index in [9.17, 15) is 4.79 Å². The zero-order valence-corrected chi connectivity index (χ0v) is 15.4. The molecule has 1 fully saturated rings.